The molecule has 0 bridgehead atoms. The van der Waals surface area contributed by atoms with Gasteiger partial charge in [-0.05, 0) is 12.5 Å². The summed E-state index contributed by atoms with van der Waals surface area (Å²) in [5, 5.41) is 0. The van der Waals surface area contributed by atoms with Crippen LogP contribution in [-0.2, 0) is 0 Å². The zero-order valence-corrected chi connectivity index (χ0v) is 7.98. The Kier molecular flexibility index (Phi) is 21.1. The van der Waals surface area contributed by atoms with E-state index < -0.39 is 0 Å². The summed E-state index contributed by atoms with van der Waals surface area (Å²) in [6.45, 7) is 9.06. The fraction of sp³-hybridized carbons (Fsp3) is 0.429. The van der Waals surface area contributed by atoms with Crippen molar-refractivity contribution < 1.29 is 0 Å². The van der Waals surface area contributed by atoms with Crippen LogP contribution in [0.15, 0.2) is 25.3 Å². The lowest BCUT2D eigenvalue weighted by Gasteiger charge is -1.57. The standard InChI is InChI=1S/C4H8.C3H8Si/c1-3-4-2;1-2-3-4/h3H,1,4H2,2H3;2H,1,3H2,4H3. The lowest BCUT2D eigenvalue weighted by atomic mass is 10.5. The van der Waals surface area contributed by atoms with E-state index in [0.717, 1.165) is 6.42 Å². The van der Waals surface area contributed by atoms with E-state index in [9.17, 15) is 0 Å². The average Bonchev–Trinajstić information content (AvgIpc) is 1.88. The van der Waals surface area contributed by atoms with Crippen LogP contribution in [0.3, 0.4) is 0 Å². The normalized spacial score (nSPS) is 6.62. The Morgan fingerprint density at radius 1 is 1.38 bits per heavy atom. The Hall–Kier alpha value is -0.303. The molecule has 0 rings (SSSR count). The minimum absolute atomic E-state index is 1.08. The topological polar surface area (TPSA) is 0 Å². The fourth-order valence-corrected chi connectivity index (χ4v) is 0. The minimum atomic E-state index is 1.08. The molecule has 0 aliphatic rings. The molecular weight excluding hydrogens is 112 g/mol. The van der Waals surface area contributed by atoms with Crippen molar-refractivity contribution in [3.05, 3.63) is 25.3 Å². The molecular formula is C7H16Si. The van der Waals surface area contributed by atoms with Crippen LogP contribution >= 0.6 is 0 Å². The summed E-state index contributed by atoms with van der Waals surface area (Å²) >= 11 is 0. The van der Waals surface area contributed by atoms with Gasteiger partial charge in [-0.25, -0.2) is 0 Å². The van der Waals surface area contributed by atoms with Crippen molar-refractivity contribution in [3.63, 3.8) is 0 Å². The second-order valence-corrected chi connectivity index (χ2v) is 2.21. The molecule has 0 amide bonds. The molecule has 0 aromatic rings. The van der Waals surface area contributed by atoms with Gasteiger partial charge in [0.25, 0.3) is 0 Å². The van der Waals surface area contributed by atoms with E-state index in [0.29, 0.717) is 0 Å². The molecule has 0 saturated carbocycles. The lowest BCUT2D eigenvalue weighted by molar-refractivity contribution is 1.23. The van der Waals surface area contributed by atoms with Crippen LogP contribution < -0.4 is 0 Å². The van der Waals surface area contributed by atoms with Gasteiger partial charge in [0, 0.05) is 10.2 Å². The van der Waals surface area contributed by atoms with Gasteiger partial charge in [-0.2, -0.15) is 0 Å². The molecule has 0 fully saturated rings. The highest BCUT2D eigenvalue weighted by Crippen LogP contribution is 1.66. The summed E-state index contributed by atoms with van der Waals surface area (Å²) in [5.41, 5.74) is 0. The van der Waals surface area contributed by atoms with Crippen molar-refractivity contribution in [3.8, 4) is 0 Å². The highest BCUT2D eigenvalue weighted by atomic mass is 28.1. The third-order valence-electron chi connectivity index (χ3n) is 0.577. The van der Waals surface area contributed by atoms with E-state index in [4.69, 9.17) is 0 Å². The molecule has 0 aromatic carbocycles. The monoisotopic (exact) mass is 128 g/mol. The maximum Gasteiger partial charge on any atom is 0.00753 e. The van der Waals surface area contributed by atoms with Gasteiger partial charge in [0.15, 0.2) is 0 Å². The highest BCUT2D eigenvalue weighted by Gasteiger charge is 1.46. The first-order chi connectivity index (χ1) is 3.83. The molecule has 0 aromatic heterocycles. The Balaban J connectivity index is 0. The number of hydrogen-bond donors (Lipinski definition) is 0. The summed E-state index contributed by atoms with van der Waals surface area (Å²) in [5.74, 6) is 0. The van der Waals surface area contributed by atoms with Gasteiger partial charge in [0.2, 0.25) is 0 Å². The first-order valence-corrected chi connectivity index (χ1v) is 4.46. The van der Waals surface area contributed by atoms with E-state index in [1.807, 2.05) is 12.2 Å². The summed E-state index contributed by atoms with van der Waals surface area (Å²) < 4.78 is 0. The molecule has 8 heavy (non-hydrogen) atoms. The van der Waals surface area contributed by atoms with Crippen LogP contribution in [-0.4, -0.2) is 10.2 Å². The summed E-state index contributed by atoms with van der Waals surface area (Å²) in [6, 6.07) is 1.22. The molecule has 0 nitrogen and oxygen atoms in total. The summed E-state index contributed by atoms with van der Waals surface area (Å²) in [4.78, 5) is 0. The maximum absolute atomic E-state index is 3.51. The Morgan fingerprint density at radius 2 is 1.62 bits per heavy atom. The molecule has 0 N–H and O–H groups in total. The fourth-order valence-electron chi connectivity index (χ4n) is 0. The second-order valence-electron chi connectivity index (χ2n) is 1.39. The van der Waals surface area contributed by atoms with Gasteiger partial charge >= 0.3 is 0 Å². The lowest BCUT2D eigenvalue weighted by Crippen LogP contribution is -1.47. The quantitative estimate of drug-likeness (QED) is 0.391. The van der Waals surface area contributed by atoms with Crippen LogP contribution in [0, 0.1) is 0 Å². The van der Waals surface area contributed by atoms with Crippen molar-refractivity contribution in [2.24, 2.45) is 0 Å². The van der Waals surface area contributed by atoms with Crippen LogP contribution in [0.1, 0.15) is 13.3 Å². The molecule has 0 spiro atoms. The number of allylic oxidation sites excluding steroid dienone is 2. The zero-order chi connectivity index (χ0) is 6.83. The maximum atomic E-state index is 3.51. The van der Waals surface area contributed by atoms with Crippen molar-refractivity contribution in [1.82, 2.24) is 0 Å². The molecule has 0 aliphatic heterocycles. The van der Waals surface area contributed by atoms with Gasteiger partial charge in [-0.1, -0.05) is 19.1 Å². The van der Waals surface area contributed by atoms with Gasteiger partial charge in [-0.15, -0.1) is 13.2 Å². The third-order valence-corrected chi connectivity index (χ3v) is 1.15. The molecule has 0 aliphatic carbocycles. The Labute approximate surface area is 55.7 Å². The number of hydrogen-bond acceptors (Lipinski definition) is 0. The largest absolute Gasteiger partial charge is 0.103 e. The van der Waals surface area contributed by atoms with Crippen LogP contribution in [0.4, 0.5) is 0 Å². The Morgan fingerprint density at radius 3 is 1.62 bits per heavy atom. The predicted octanol–water partition coefficient (Wildman–Crippen LogP) is 1.54. The molecule has 0 radical (unpaired) electrons. The molecule has 1 heteroatoms. The minimum Gasteiger partial charge on any atom is -0.103 e. The average molecular weight is 128 g/mol. The third kappa shape index (κ3) is 43.6. The SMILES string of the molecule is C=CCC.C=CC[SiH3]. The van der Waals surface area contributed by atoms with Gasteiger partial charge in [0.05, 0.1) is 0 Å². The molecule has 0 saturated heterocycles. The van der Waals surface area contributed by atoms with E-state index in [1.165, 1.54) is 16.3 Å². The van der Waals surface area contributed by atoms with Crippen LogP contribution in [0.2, 0.25) is 6.04 Å². The first kappa shape index (κ1) is 10.6. The van der Waals surface area contributed by atoms with Crippen molar-refractivity contribution >= 4 is 10.2 Å². The first-order valence-electron chi connectivity index (χ1n) is 3.05. The molecule has 0 atom stereocenters. The van der Waals surface area contributed by atoms with Crippen molar-refractivity contribution in [2.45, 2.75) is 19.4 Å². The van der Waals surface area contributed by atoms with Crippen molar-refractivity contribution in [1.29, 1.82) is 0 Å². The van der Waals surface area contributed by atoms with Gasteiger partial charge in [-0.3, -0.25) is 0 Å². The summed E-state index contributed by atoms with van der Waals surface area (Å²) in [6.07, 6.45) is 4.90. The van der Waals surface area contributed by atoms with E-state index in [-0.39, 0.29) is 0 Å². The zero-order valence-electron chi connectivity index (χ0n) is 5.98. The highest BCUT2D eigenvalue weighted by molar-refractivity contribution is 6.09. The second kappa shape index (κ2) is 15.9. The number of rotatable bonds is 2. The van der Waals surface area contributed by atoms with Crippen LogP contribution in [0.5, 0.6) is 0 Å². The van der Waals surface area contributed by atoms with Gasteiger partial charge < -0.3 is 0 Å². The Bertz CT molecular complexity index is 40.3. The van der Waals surface area contributed by atoms with E-state index in [2.05, 4.69) is 20.1 Å². The molecule has 48 valence electrons. The summed E-state index contributed by atoms with van der Waals surface area (Å²) in [7, 11) is 1.27. The van der Waals surface area contributed by atoms with E-state index >= 15 is 0 Å². The smallest absolute Gasteiger partial charge is 0.00753 e. The van der Waals surface area contributed by atoms with Gasteiger partial charge in [0.1, 0.15) is 0 Å². The molecule has 0 unspecified atom stereocenters. The molecule has 0 heterocycles. The predicted molar refractivity (Wildman–Crippen MR) is 45.4 cm³/mol. The van der Waals surface area contributed by atoms with Crippen LogP contribution in [0.25, 0.3) is 0 Å². The van der Waals surface area contributed by atoms with Crippen molar-refractivity contribution in [2.75, 3.05) is 0 Å². The van der Waals surface area contributed by atoms with E-state index in [1.54, 1.807) is 0 Å².